The molecule has 2 aromatic rings. The fourth-order valence-corrected chi connectivity index (χ4v) is 4.81. The Morgan fingerprint density at radius 1 is 1.23 bits per heavy atom. The van der Waals surface area contributed by atoms with Gasteiger partial charge in [-0.25, -0.2) is 8.42 Å². The first kappa shape index (κ1) is 18.5. The molecule has 0 spiro atoms. The highest BCUT2D eigenvalue weighted by molar-refractivity contribution is 7.89. The van der Waals surface area contributed by atoms with E-state index in [0.717, 1.165) is 0 Å². The molecule has 0 atom stereocenters. The maximum atomic E-state index is 12.8. The SMILES string of the molecule is Cc1nnc(CNC(=O)C2CCN(S(=O)(=O)c3c(C)noc3C)CC2)o1. The molecule has 3 heterocycles. The quantitative estimate of drug-likeness (QED) is 0.798. The van der Waals surface area contributed by atoms with Crippen molar-refractivity contribution in [3.05, 3.63) is 23.2 Å². The molecule has 0 radical (unpaired) electrons. The number of hydrogen-bond donors (Lipinski definition) is 1. The van der Waals surface area contributed by atoms with Crippen LogP contribution in [-0.4, -0.2) is 47.1 Å². The third kappa shape index (κ3) is 3.63. The Kier molecular flexibility index (Phi) is 5.10. The molecular formula is C15H21N5O5S. The molecule has 0 bridgehead atoms. The molecule has 0 aromatic carbocycles. The van der Waals surface area contributed by atoms with Crippen molar-refractivity contribution in [1.29, 1.82) is 0 Å². The van der Waals surface area contributed by atoms with Gasteiger partial charge in [0.15, 0.2) is 5.76 Å². The summed E-state index contributed by atoms with van der Waals surface area (Å²) >= 11 is 0. The van der Waals surface area contributed by atoms with E-state index in [4.69, 9.17) is 8.94 Å². The van der Waals surface area contributed by atoms with E-state index in [1.54, 1.807) is 20.8 Å². The minimum atomic E-state index is -3.67. The van der Waals surface area contributed by atoms with E-state index < -0.39 is 10.0 Å². The molecule has 0 saturated carbocycles. The summed E-state index contributed by atoms with van der Waals surface area (Å²) in [5.74, 6) is 0.656. The Bertz CT molecular complexity index is 876. The van der Waals surface area contributed by atoms with Gasteiger partial charge in [0, 0.05) is 25.9 Å². The van der Waals surface area contributed by atoms with E-state index in [1.165, 1.54) is 4.31 Å². The summed E-state index contributed by atoms with van der Waals surface area (Å²) in [5.41, 5.74) is 0.345. The van der Waals surface area contributed by atoms with Gasteiger partial charge < -0.3 is 14.3 Å². The maximum absolute atomic E-state index is 12.8. The molecule has 1 aliphatic rings. The lowest BCUT2D eigenvalue weighted by Gasteiger charge is -2.30. The molecule has 26 heavy (non-hydrogen) atoms. The first-order chi connectivity index (χ1) is 12.3. The van der Waals surface area contributed by atoms with Gasteiger partial charge >= 0.3 is 0 Å². The minimum Gasteiger partial charge on any atom is -0.424 e. The predicted octanol–water partition coefficient (Wildman–Crippen LogP) is 0.700. The van der Waals surface area contributed by atoms with Crippen molar-refractivity contribution in [2.24, 2.45) is 5.92 Å². The van der Waals surface area contributed by atoms with E-state index in [0.29, 0.717) is 30.3 Å². The fraction of sp³-hybridized carbons (Fsp3) is 0.600. The van der Waals surface area contributed by atoms with E-state index in [2.05, 4.69) is 20.7 Å². The average Bonchev–Trinajstić information content (AvgIpc) is 3.18. The van der Waals surface area contributed by atoms with Crippen LogP contribution in [0.5, 0.6) is 0 Å². The smallest absolute Gasteiger partial charge is 0.248 e. The number of rotatable bonds is 5. The van der Waals surface area contributed by atoms with Gasteiger partial charge in [0.1, 0.15) is 10.6 Å². The van der Waals surface area contributed by atoms with Crippen LogP contribution in [-0.2, 0) is 21.4 Å². The molecule has 142 valence electrons. The van der Waals surface area contributed by atoms with Gasteiger partial charge in [0.25, 0.3) is 0 Å². The zero-order chi connectivity index (χ0) is 18.9. The van der Waals surface area contributed by atoms with Gasteiger partial charge in [-0.1, -0.05) is 5.16 Å². The number of aryl methyl sites for hydroxylation is 3. The fourth-order valence-electron chi connectivity index (χ4n) is 3.05. The van der Waals surface area contributed by atoms with Crippen LogP contribution in [0.3, 0.4) is 0 Å². The van der Waals surface area contributed by atoms with Gasteiger partial charge in [0.2, 0.25) is 27.7 Å². The Hall–Kier alpha value is -2.27. The molecule has 0 aliphatic carbocycles. The van der Waals surface area contributed by atoms with Crippen molar-refractivity contribution in [3.63, 3.8) is 0 Å². The largest absolute Gasteiger partial charge is 0.424 e. The van der Waals surface area contributed by atoms with Crippen LogP contribution in [0.15, 0.2) is 13.8 Å². The molecule has 1 amide bonds. The Morgan fingerprint density at radius 3 is 2.46 bits per heavy atom. The molecule has 1 saturated heterocycles. The second-order valence-electron chi connectivity index (χ2n) is 6.26. The number of aromatic nitrogens is 3. The van der Waals surface area contributed by atoms with E-state index in [-0.39, 0.29) is 42.1 Å². The molecular weight excluding hydrogens is 362 g/mol. The highest BCUT2D eigenvalue weighted by Gasteiger charge is 2.35. The van der Waals surface area contributed by atoms with Crippen LogP contribution in [0.4, 0.5) is 0 Å². The molecule has 11 heteroatoms. The first-order valence-electron chi connectivity index (χ1n) is 8.28. The third-order valence-electron chi connectivity index (χ3n) is 4.37. The van der Waals surface area contributed by atoms with Crippen molar-refractivity contribution >= 4 is 15.9 Å². The highest BCUT2D eigenvalue weighted by Crippen LogP contribution is 2.27. The number of carbonyl (C=O) groups is 1. The van der Waals surface area contributed by atoms with Crippen LogP contribution in [0, 0.1) is 26.7 Å². The molecule has 0 unspecified atom stereocenters. The number of nitrogens with one attached hydrogen (secondary N) is 1. The van der Waals surface area contributed by atoms with E-state index in [9.17, 15) is 13.2 Å². The van der Waals surface area contributed by atoms with Gasteiger partial charge in [-0.3, -0.25) is 4.79 Å². The topological polar surface area (TPSA) is 131 Å². The lowest BCUT2D eigenvalue weighted by atomic mass is 9.97. The lowest BCUT2D eigenvalue weighted by molar-refractivity contribution is -0.126. The second kappa shape index (κ2) is 7.16. The van der Waals surface area contributed by atoms with Gasteiger partial charge in [0.05, 0.1) is 6.54 Å². The van der Waals surface area contributed by atoms with E-state index in [1.807, 2.05) is 0 Å². The number of amides is 1. The third-order valence-corrected chi connectivity index (χ3v) is 6.52. The summed E-state index contributed by atoms with van der Waals surface area (Å²) in [6.45, 7) is 5.55. The summed E-state index contributed by atoms with van der Waals surface area (Å²) in [7, 11) is -3.67. The molecule has 2 aromatic heterocycles. The predicted molar refractivity (Wildman–Crippen MR) is 88.3 cm³/mol. The maximum Gasteiger partial charge on any atom is 0.248 e. The number of piperidine rings is 1. The van der Waals surface area contributed by atoms with Gasteiger partial charge in [-0.15, -0.1) is 10.2 Å². The summed E-state index contributed by atoms with van der Waals surface area (Å²) in [5, 5.41) is 14.0. The average molecular weight is 383 g/mol. The summed E-state index contributed by atoms with van der Waals surface area (Å²) < 4.78 is 37.1. The van der Waals surface area contributed by atoms with Crippen molar-refractivity contribution in [2.45, 2.75) is 45.1 Å². The zero-order valence-corrected chi connectivity index (χ0v) is 15.7. The summed E-state index contributed by atoms with van der Waals surface area (Å²) in [6.07, 6.45) is 0.884. The van der Waals surface area contributed by atoms with E-state index >= 15 is 0 Å². The number of sulfonamides is 1. The Balaban J connectivity index is 1.57. The molecule has 1 aliphatic heterocycles. The minimum absolute atomic E-state index is 0.118. The number of hydrogen-bond acceptors (Lipinski definition) is 8. The summed E-state index contributed by atoms with van der Waals surface area (Å²) in [4.78, 5) is 12.4. The molecule has 1 N–H and O–H groups in total. The number of nitrogens with zero attached hydrogens (tertiary/aromatic N) is 4. The Labute approximate surface area is 151 Å². The van der Waals surface area contributed by atoms with Crippen molar-refractivity contribution in [2.75, 3.05) is 13.1 Å². The van der Waals surface area contributed by atoms with Gasteiger partial charge in [-0.05, 0) is 26.7 Å². The monoisotopic (exact) mass is 383 g/mol. The molecule has 10 nitrogen and oxygen atoms in total. The van der Waals surface area contributed by atoms with Crippen LogP contribution < -0.4 is 5.32 Å². The van der Waals surface area contributed by atoms with Crippen molar-refractivity contribution < 1.29 is 22.2 Å². The zero-order valence-electron chi connectivity index (χ0n) is 14.9. The van der Waals surface area contributed by atoms with Crippen LogP contribution >= 0.6 is 0 Å². The molecule has 1 fully saturated rings. The molecule has 3 rings (SSSR count). The highest BCUT2D eigenvalue weighted by atomic mass is 32.2. The normalized spacial score (nSPS) is 16.7. The lowest BCUT2D eigenvalue weighted by Crippen LogP contribution is -2.43. The van der Waals surface area contributed by atoms with Gasteiger partial charge in [-0.2, -0.15) is 4.31 Å². The number of carbonyl (C=O) groups excluding carboxylic acids is 1. The van der Waals surface area contributed by atoms with Crippen LogP contribution in [0.1, 0.15) is 36.1 Å². The van der Waals surface area contributed by atoms with Crippen molar-refractivity contribution in [3.8, 4) is 0 Å². The van der Waals surface area contributed by atoms with Crippen LogP contribution in [0.2, 0.25) is 0 Å². The second-order valence-corrected chi connectivity index (χ2v) is 8.14. The van der Waals surface area contributed by atoms with Crippen molar-refractivity contribution in [1.82, 2.24) is 25.0 Å². The first-order valence-corrected chi connectivity index (χ1v) is 9.72. The standard InChI is InChI=1S/C15H21N5O5S/c1-9-14(10(2)25-19-9)26(22,23)20-6-4-12(5-7-20)15(21)16-8-13-18-17-11(3)24-13/h12H,4-8H2,1-3H3,(H,16,21). The van der Waals surface area contributed by atoms with Crippen LogP contribution in [0.25, 0.3) is 0 Å². The summed E-state index contributed by atoms with van der Waals surface area (Å²) in [6, 6.07) is 0. The Morgan fingerprint density at radius 2 is 1.92 bits per heavy atom.